The summed E-state index contributed by atoms with van der Waals surface area (Å²) in [5.41, 5.74) is 5.74. The van der Waals surface area contributed by atoms with E-state index in [1.165, 1.54) is 12.1 Å². The van der Waals surface area contributed by atoms with Gasteiger partial charge in [-0.05, 0) is 55.2 Å². The predicted molar refractivity (Wildman–Crippen MR) is 103 cm³/mol. The minimum absolute atomic E-state index is 0.0192. The summed E-state index contributed by atoms with van der Waals surface area (Å²) in [6.07, 6.45) is 2.05. The van der Waals surface area contributed by atoms with Crippen molar-refractivity contribution in [3.8, 4) is 11.3 Å². The summed E-state index contributed by atoms with van der Waals surface area (Å²) in [6.45, 7) is 2.07. The molecule has 0 bridgehead atoms. The van der Waals surface area contributed by atoms with Crippen LogP contribution in [0.1, 0.15) is 40.0 Å². The van der Waals surface area contributed by atoms with Crippen LogP contribution in [0.2, 0.25) is 0 Å². The Morgan fingerprint density at radius 2 is 1.70 bits per heavy atom. The highest BCUT2D eigenvalue weighted by Gasteiger charge is 2.48. The SMILES string of the molecule is Cc1c(-c2ccc(C(=O)N(C)C)cc2)n[nH]c1C1(c2ccc(F)cc2)CC1. The van der Waals surface area contributed by atoms with E-state index in [1.807, 2.05) is 36.4 Å². The minimum Gasteiger partial charge on any atom is -0.345 e. The Bertz CT molecular complexity index is 983. The van der Waals surface area contributed by atoms with E-state index in [1.54, 1.807) is 19.0 Å². The van der Waals surface area contributed by atoms with E-state index in [9.17, 15) is 9.18 Å². The monoisotopic (exact) mass is 363 g/mol. The van der Waals surface area contributed by atoms with Crippen molar-refractivity contribution in [3.63, 3.8) is 0 Å². The Morgan fingerprint density at radius 1 is 1.07 bits per heavy atom. The van der Waals surface area contributed by atoms with Gasteiger partial charge < -0.3 is 4.90 Å². The van der Waals surface area contributed by atoms with Crippen LogP contribution in [-0.4, -0.2) is 35.1 Å². The van der Waals surface area contributed by atoms with Gasteiger partial charge in [-0.2, -0.15) is 5.10 Å². The number of hydrogen-bond donors (Lipinski definition) is 1. The zero-order valence-corrected chi connectivity index (χ0v) is 15.7. The molecular weight excluding hydrogens is 341 g/mol. The summed E-state index contributed by atoms with van der Waals surface area (Å²) in [5.74, 6) is -0.238. The molecule has 1 N–H and O–H groups in total. The van der Waals surface area contributed by atoms with Crippen molar-refractivity contribution >= 4 is 5.91 Å². The number of aromatic amines is 1. The highest BCUT2D eigenvalue weighted by molar-refractivity contribution is 5.94. The third-order valence-electron chi connectivity index (χ3n) is 5.45. The average Bonchev–Trinajstić information content (AvgIpc) is 3.38. The van der Waals surface area contributed by atoms with Crippen molar-refractivity contribution in [1.82, 2.24) is 15.1 Å². The van der Waals surface area contributed by atoms with Gasteiger partial charge in [-0.25, -0.2) is 4.39 Å². The van der Waals surface area contributed by atoms with Crippen LogP contribution in [0.5, 0.6) is 0 Å². The maximum absolute atomic E-state index is 13.3. The second-order valence-electron chi connectivity index (χ2n) is 7.44. The smallest absolute Gasteiger partial charge is 0.253 e. The molecule has 0 unspecified atom stereocenters. The van der Waals surface area contributed by atoms with Crippen LogP contribution in [0.3, 0.4) is 0 Å². The lowest BCUT2D eigenvalue weighted by Gasteiger charge is -2.15. The number of carbonyl (C=O) groups excluding carboxylic acids is 1. The van der Waals surface area contributed by atoms with Crippen molar-refractivity contribution in [2.75, 3.05) is 14.1 Å². The topological polar surface area (TPSA) is 49.0 Å². The molecule has 1 saturated carbocycles. The molecular formula is C22H22FN3O. The first kappa shape index (κ1) is 17.5. The normalized spacial score (nSPS) is 14.8. The number of nitrogens with zero attached hydrogens (tertiary/aromatic N) is 2. The Hall–Kier alpha value is -2.95. The van der Waals surface area contributed by atoms with Gasteiger partial charge in [0.05, 0.1) is 5.69 Å². The van der Waals surface area contributed by atoms with E-state index in [2.05, 4.69) is 17.1 Å². The van der Waals surface area contributed by atoms with Gasteiger partial charge in [0.1, 0.15) is 5.82 Å². The fourth-order valence-electron chi connectivity index (χ4n) is 3.75. The molecule has 27 heavy (non-hydrogen) atoms. The molecule has 0 spiro atoms. The summed E-state index contributed by atoms with van der Waals surface area (Å²) >= 11 is 0. The van der Waals surface area contributed by atoms with Gasteiger partial charge in [-0.15, -0.1) is 0 Å². The quantitative estimate of drug-likeness (QED) is 0.751. The third-order valence-corrected chi connectivity index (χ3v) is 5.45. The number of nitrogens with one attached hydrogen (secondary N) is 1. The molecule has 1 fully saturated rings. The summed E-state index contributed by atoms with van der Waals surface area (Å²) in [7, 11) is 3.48. The van der Waals surface area contributed by atoms with Crippen molar-refractivity contribution in [2.45, 2.75) is 25.2 Å². The fraction of sp³-hybridized carbons (Fsp3) is 0.273. The molecule has 0 aliphatic heterocycles. The number of halogens is 1. The molecule has 1 amide bonds. The van der Waals surface area contributed by atoms with Crippen molar-refractivity contribution < 1.29 is 9.18 Å². The van der Waals surface area contributed by atoms with Gasteiger partial charge in [0.15, 0.2) is 0 Å². The van der Waals surface area contributed by atoms with E-state index >= 15 is 0 Å². The number of hydrogen-bond acceptors (Lipinski definition) is 2. The lowest BCUT2D eigenvalue weighted by atomic mass is 9.89. The highest BCUT2D eigenvalue weighted by atomic mass is 19.1. The number of H-pyrrole nitrogens is 1. The minimum atomic E-state index is -0.219. The molecule has 0 saturated heterocycles. The van der Waals surface area contributed by atoms with E-state index < -0.39 is 0 Å². The standard InChI is InChI=1S/C22H22FN3O/c1-14-19(15-4-6-16(7-5-15)21(27)26(2)3)24-25-20(14)22(12-13-22)17-8-10-18(23)11-9-17/h4-11H,12-13H2,1-3H3,(H,24,25). The molecule has 5 heteroatoms. The second-order valence-corrected chi connectivity index (χ2v) is 7.44. The molecule has 138 valence electrons. The lowest BCUT2D eigenvalue weighted by molar-refractivity contribution is 0.0827. The number of amides is 1. The van der Waals surface area contributed by atoms with E-state index in [4.69, 9.17) is 0 Å². The van der Waals surface area contributed by atoms with Gasteiger partial charge in [0.25, 0.3) is 5.91 Å². The molecule has 1 heterocycles. The first-order valence-corrected chi connectivity index (χ1v) is 9.06. The van der Waals surface area contributed by atoms with Crippen molar-refractivity contribution in [1.29, 1.82) is 0 Å². The molecule has 3 aromatic rings. The maximum atomic E-state index is 13.3. The van der Waals surface area contributed by atoms with Gasteiger partial charge in [-0.1, -0.05) is 24.3 Å². The first-order valence-electron chi connectivity index (χ1n) is 9.06. The maximum Gasteiger partial charge on any atom is 0.253 e. The number of rotatable bonds is 4. The zero-order valence-electron chi connectivity index (χ0n) is 15.7. The summed E-state index contributed by atoms with van der Waals surface area (Å²) < 4.78 is 13.3. The fourth-order valence-corrected chi connectivity index (χ4v) is 3.75. The van der Waals surface area contributed by atoms with E-state index in [0.29, 0.717) is 5.56 Å². The Kier molecular flexibility index (Phi) is 4.10. The van der Waals surface area contributed by atoms with Crippen LogP contribution >= 0.6 is 0 Å². The largest absolute Gasteiger partial charge is 0.345 e. The van der Waals surface area contributed by atoms with Crippen molar-refractivity contribution in [2.24, 2.45) is 0 Å². The summed E-state index contributed by atoms with van der Waals surface area (Å²) in [6, 6.07) is 14.3. The molecule has 0 atom stereocenters. The van der Waals surface area contributed by atoms with Crippen LogP contribution in [0.4, 0.5) is 4.39 Å². The molecule has 4 rings (SSSR count). The molecule has 0 radical (unpaired) electrons. The average molecular weight is 363 g/mol. The number of aromatic nitrogens is 2. The van der Waals surface area contributed by atoms with Gasteiger partial charge in [0.2, 0.25) is 0 Å². The summed E-state index contributed by atoms with van der Waals surface area (Å²) in [5, 5.41) is 7.78. The number of benzene rings is 2. The summed E-state index contributed by atoms with van der Waals surface area (Å²) in [4.78, 5) is 13.6. The third kappa shape index (κ3) is 2.93. The molecule has 1 aliphatic carbocycles. The van der Waals surface area contributed by atoms with E-state index in [-0.39, 0.29) is 17.1 Å². The van der Waals surface area contributed by atoms with Crippen LogP contribution in [0.15, 0.2) is 48.5 Å². The van der Waals surface area contributed by atoms with Crippen LogP contribution in [0, 0.1) is 12.7 Å². The first-order chi connectivity index (χ1) is 12.9. The molecule has 1 aromatic heterocycles. The molecule has 1 aliphatic rings. The van der Waals surface area contributed by atoms with Gasteiger partial charge >= 0.3 is 0 Å². The highest BCUT2D eigenvalue weighted by Crippen LogP contribution is 2.54. The van der Waals surface area contributed by atoms with Crippen LogP contribution in [-0.2, 0) is 5.41 Å². The van der Waals surface area contributed by atoms with E-state index in [0.717, 1.165) is 40.9 Å². The second kappa shape index (κ2) is 6.34. The van der Waals surface area contributed by atoms with Gasteiger partial charge in [-0.3, -0.25) is 9.89 Å². The Balaban J connectivity index is 1.67. The van der Waals surface area contributed by atoms with Crippen LogP contribution < -0.4 is 0 Å². The molecule has 4 nitrogen and oxygen atoms in total. The van der Waals surface area contributed by atoms with Crippen LogP contribution in [0.25, 0.3) is 11.3 Å². The zero-order chi connectivity index (χ0) is 19.2. The molecule has 2 aromatic carbocycles. The Labute approximate surface area is 158 Å². The number of carbonyl (C=O) groups is 1. The lowest BCUT2D eigenvalue weighted by Crippen LogP contribution is -2.21. The predicted octanol–water partition coefficient (Wildman–Crippen LogP) is 4.31. The van der Waals surface area contributed by atoms with Gasteiger partial charge in [0, 0.05) is 36.3 Å². The van der Waals surface area contributed by atoms with Crippen molar-refractivity contribution in [3.05, 3.63) is 76.7 Å². The Morgan fingerprint density at radius 3 is 2.26 bits per heavy atom.